The smallest absolute Gasteiger partial charge is 0.258 e. The summed E-state index contributed by atoms with van der Waals surface area (Å²) in [4.78, 5) is 19.8. The second-order valence-corrected chi connectivity index (χ2v) is 7.00. The molecule has 0 saturated heterocycles. The lowest BCUT2D eigenvalue weighted by Gasteiger charge is -2.28. The predicted octanol–water partition coefficient (Wildman–Crippen LogP) is 2.87. The molecule has 0 aliphatic carbocycles. The zero-order valence-electron chi connectivity index (χ0n) is 17.7. The third kappa shape index (κ3) is 3.37. The molecule has 1 unspecified atom stereocenters. The molecule has 1 aliphatic rings. The second kappa shape index (κ2) is 8.35. The predicted molar refractivity (Wildman–Crippen MR) is 120 cm³/mol. The number of allylic oxidation sites excluding steroid dienone is 1. The number of aromatic amines is 1. The standard InChI is InChI=1S/C23H21N5O4/c1-30-15-9-13(10-16(31-2)20(15)32-3)17-14(11-24)19(12-7-5-4-6-8-12)26-21-18(17)22(29)28-23(25)27-21/h4-10,17H,1-3H3,(H4,25,26,27,28,29). The minimum Gasteiger partial charge on any atom is -0.493 e. The van der Waals surface area contributed by atoms with Crippen molar-refractivity contribution in [1.29, 1.82) is 5.26 Å². The van der Waals surface area contributed by atoms with Gasteiger partial charge in [-0.2, -0.15) is 10.2 Å². The highest BCUT2D eigenvalue weighted by atomic mass is 16.5. The Hall–Kier alpha value is -4.45. The van der Waals surface area contributed by atoms with Crippen molar-refractivity contribution in [2.24, 2.45) is 0 Å². The van der Waals surface area contributed by atoms with Crippen LogP contribution < -0.4 is 30.8 Å². The van der Waals surface area contributed by atoms with Crippen molar-refractivity contribution >= 4 is 17.5 Å². The van der Waals surface area contributed by atoms with Crippen molar-refractivity contribution in [1.82, 2.24) is 9.97 Å². The second-order valence-electron chi connectivity index (χ2n) is 7.00. The Labute approximate surface area is 184 Å². The number of nitrogens with one attached hydrogen (secondary N) is 2. The quantitative estimate of drug-likeness (QED) is 0.561. The number of benzene rings is 2. The lowest BCUT2D eigenvalue weighted by Crippen LogP contribution is -2.28. The maximum Gasteiger partial charge on any atom is 0.258 e. The number of nitrogens with zero attached hydrogens (tertiary/aromatic N) is 2. The number of anilines is 2. The molecule has 1 aliphatic heterocycles. The molecular weight excluding hydrogens is 410 g/mol. The van der Waals surface area contributed by atoms with Crippen LogP contribution in [0.1, 0.15) is 22.6 Å². The largest absolute Gasteiger partial charge is 0.493 e. The average Bonchev–Trinajstić information content (AvgIpc) is 2.82. The number of rotatable bonds is 5. The molecule has 0 amide bonds. The lowest BCUT2D eigenvalue weighted by molar-refractivity contribution is 0.323. The summed E-state index contributed by atoms with van der Waals surface area (Å²) in [6.45, 7) is 0. The topological polar surface area (TPSA) is 135 Å². The van der Waals surface area contributed by atoms with E-state index in [1.54, 1.807) is 12.1 Å². The molecule has 32 heavy (non-hydrogen) atoms. The fourth-order valence-electron chi connectivity index (χ4n) is 3.89. The van der Waals surface area contributed by atoms with Crippen LogP contribution in [0.25, 0.3) is 5.70 Å². The van der Waals surface area contributed by atoms with Gasteiger partial charge in [-0.15, -0.1) is 0 Å². The summed E-state index contributed by atoms with van der Waals surface area (Å²) in [5, 5.41) is 13.3. The van der Waals surface area contributed by atoms with E-state index in [-0.39, 0.29) is 17.3 Å². The average molecular weight is 431 g/mol. The highest BCUT2D eigenvalue weighted by molar-refractivity contribution is 5.87. The Balaban J connectivity index is 2.06. The molecule has 2 aromatic carbocycles. The summed E-state index contributed by atoms with van der Waals surface area (Å²) < 4.78 is 16.4. The van der Waals surface area contributed by atoms with E-state index in [1.165, 1.54) is 21.3 Å². The zero-order chi connectivity index (χ0) is 22.8. The Morgan fingerprint density at radius 3 is 2.28 bits per heavy atom. The molecule has 0 fully saturated rings. The van der Waals surface area contributed by atoms with Crippen molar-refractivity contribution < 1.29 is 14.2 Å². The van der Waals surface area contributed by atoms with Crippen LogP contribution in [0.2, 0.25) is 0 Å². The van der Waals surface area contributed by atoms with Crippen molar-refractivity contribution in [2.75, 3.05) is 32.4 Å². The first-order valence-corrected chi connectivity index (χ1v) is 9.68. The van der Waals surface area contributed by atoms with Gasteiger partial charge in [0.25, 0.3) is 5.56 Å². The van der Waals surface area contributed by atoms with Gasteiger partial charge in [-0.1, -0.05) is 30.3 Å². The summed E-state index contributed by atoms with van der Waals surface area (Å²) in [5.41, 5.74) is 7.88. The molecule has 1 atom stereocenters. The molecule has 0 saturated carbocycles. The number of hydrogen-bond acceptors (Lipinski definition) is 8. The van der Waals surface area contributed by atoms with Crippen molar-refractivity contribution in [3.05, 3.63) is 75.1 Å². The number of aromatic nitrogens is 2. The number of nitrogens with two attached hydrogens (primary N) is 1. The summed E-state index contributed by atoms with van der Waals surface area (Å²) in [5.74, 6) is 0.709. The van der Waals surface area contributed by atoms with Crippen LogP contribution >= 0.6 is 0 Å². The van der Waals surface area contributed by atoms with Gasteiger partial charge in [0, 0.05) is 0 Å². The third-order valence-electron chi connectivity index (χ3n) is 5.27. The first kappa shape index (κ1) is 20.8. The van der Waals surface area contributed by atoms with E-state index in [1.807, 2.05) is 30.3 Å². The molecule has 0 spiro atoms. The lowest BCUT2D eigenvalue weighted by atomic mass is 9.81. The summed E-state index contributed by atoms with van der Waals surface area (Å²) >= 11 is 0. The van der Waals surface area contributed by atoms with E-state index >= 15 is 0 Å². The van der Waals surface area contributed by atoms with E-state index < -0.39 is 11.5 Å². The Bertz CT molecular complexity index is 1280. The maximum absolute atomic E-state index is 13.0. The molecular formula is C23H21N5O4. The molecule has 9 heteroatoms. The van der Waals surface area contributed by atoms with Gasteiger partial charge in [0.2, 0.25) is 11.7 Å². The van der Waals surface area contributed by atoms with Crippen molar-refractivity contribution in [2.45, 2.75) is 5.92 Å². The first-order chi connectivity index (χ1) is 15.5. The molecule has 0 bridgehead atoms. The number of ether oxygens (including phenoxy) is 3. The van der Waals surface area contributed by atoms with Crippen LogP contribution in [-0.4, -0.2) is 31.3 Å². The first-order valence-electron chi connectivity index (χ1n) is 9.68. The molecule has 2 heterocycles. The summed E-state index contributed by atoms with van der Waals surface area (Å²) in [6.07, 6.45) is 0. The van der Waals surface area contributed by atoms with Gasteiger partial charge in [0.15, 0.2) is 11.5 Å². The molecule has 3 aromatic rings. The molecule has 1 aromatic heterocycles. The normalized spacial score (nSPS) is 14.8. The van der Waals surface area contributed by atoms with Gasteiger partial charge < -0.3 is 25.3 Å². The molecule has 4 N–H and O–H groups in total. The van der Waals surface area contributed by atoms with Gasteiger partial charge >= 0.3 is 0 Å². The number of hydrogen-bond donors (Lipinski definition) is 3. The van der Waals surface area contributed by atoms with Gasteiger partial charge in [-0.25, -0.2) is 0 Å². The van der Waals surface area contributed by atoms with Crippen molar-refractivity contribution in [3.8, 4) is 23.3 Å². The van der Waals surface area contributed by atoms with Gasteiger partial charge in [-0.3, -0.25) is 9.78 Å². The third-order valence-corrected chi connectivity index (χ3v) is 5.27. The van der Waals surface area contributed by atoms with E-state index in [4.69, 9.17) is 19.9 Å². The van der Waals surface area contributed by atoms with E-state index in [0.717, 1.165) is 5.56 Å². The summed E-state index contributed by atoms with van der Waals surface area (Å²) in [7, 11) is 4.51. The van der Waals surface area contributed by atoms with Gasteiger partial charge in [0.1, 0.15) is 5.82 Å². The number of H-pyrrole nitrogens is 1. The Morgan fingerprint density at radius 2 is 1.72 bits per heavy atom. The molecule has 162 valence electrons. The molecule has 9 nitrogen and oxygen atoms in total. The van der Waals surface area contributed by atoms with Gasteiger partial charge in [0.05, 0.1) is 50.2 Å². The number of nitriles is 1. The van der Waals surface area contributed by atoms with Crippen LogP contribution in [0.3, 0.4) is 0 Å². The monoisotopic (exact) mass is 431 g/mol. The minimum atomic E-state index is -0.753. The summed E-state index contributed by atoms with van der Waals surface area (Å²) in [6, 6.07) is 15.1. The van der Waals surface area contributed by atoms with E-state index in [0.29, 0.717) is 34.1 Å². The maximum atomic E-state index is 13.0. The SMILES string of the molecule is COc1cc(C2C(C#N)=C(c3ccccc3)Nc3nc(N)[nH]c(=O)c32)cc(OC)c1OC. The Morgan fingerprint density at radius 1 is 1.06 bits per heavy atom. The number of nitrogen functional groups attached to an aromatic ring is 1. The van der Waals surface area contributed by atoms with Crippen LogP contribution in [0, 0.1) is 11.3 Å². The Kier molecular flexibility index (Phi) is 5.43. The van der Waals surface area contributed by atoms with Crippen LogP contribution in [-0.2, 0) is 0 Å². The van der Waals surface area contributed by atoms with Crippen LogP contribution in [0.5, 0.6) is 17.2 Å². The fraction of sp³-hybridized carbons (Fsp3) is 0.174. The van der Waals surface area contributed by atoms with E-state index in [9.17, 15) is 10.1 Å². The number of fused-ring (bicyclic) bond motifs is 1. The molecule has 4 rings (SSSR count). The van der Waals surface area contributed by atoms with Crippen molar-refractivity contribution in [3.63, 3.8) is 0 Å². The number of methoxy groups -OCH3 is 3. The zero-order valence-corrected chi connectivity index (χ0v) is 17.7. The fourth-order valence-corrected chi connectivity index (χ4v) is 3.89. The highest BCUT2D eigenvalue weighted by Gasteiger charge is 2.35. The van der Waals surface area contributed by atoms with E-state index in [2.05, 4.69) is 21.4 Å². The van der Waals surface area contributed by atoms with Crippen LogP contribution in [0.4, 0.5) is 11.8 Å². The minimum absolute atomic E-state index is 0.0299. The van der Waals surface area contributed by atoms with Gasteiger partial charge in [-0.05, 0) is 23.3 Å². The molecule has 0 radical (unpaired) electrons. The van der Waals surface area contributed by atoms with Crippen LogP contribution in [0.15, 0.2) is 52.8 Å². The highest BCUT2D eigenvalue weighted by Crippen LogP contribution is 2.46.